The highest BCUT2D eigenvalue weighted by molar-refractivity contribution is 6.17. The summed E-state index contributed by atoms with van der Waals surface area (Å²) in [5.41, 5.74) is 4.72. The van der Waals surface area contributed by atoms with Gasteiger partial charge in [-0.05, 0) is 55.3 Å². The lowest BCUT2D eigenvalue weighted by atomic mass is 10.0. The van der Waals surface area contributed by atoms with Gasteiger partial charge in [0.15, 0.2) is 0 Å². The van der Waals surface area contributed by atoms with Crippen LogP contribution >= 0.6 is 0 Å². The SMILES string of the molecule is CC(C)Nc1nccc2c1C(c1cc(-c3cccnc3F)ccn1)=NC2. The van der Waals surface area contributed by atoms with Crippen LogP contribution in [0.5, 0.6) is 0 Å². The van der Waals surface area contributed by atoms with E-state index in [1.165, 1.54) is 6.20 Å². The summed E-state index contributed by atoms with van der Waals surface area (Å²) in [6.45, 7) is 4.72. The number of hydrogen-bond donors (Lipinski definition) is 1. The van der Waals surface area contributed by atoms with E-state index in [0.29, 0.717) is 17.8 Å². The van der Waals surface area contributed by atoms with Crippen LogP contribution in [0.2, 0.25) is 0 Å². The Hall–Kier alpha value is -3.15. The highest BCUT2D eigenvalue weighted by Gasteiger charge is 2.23. The average molecular weight is 347 g/mol. The molecule has 0 saturated carbocycles. The summed E-state index contributed by atoms with van der Waals surface area (Å²) >= 11 is 0. The molecule has 1 aliphatic rings. The molecule has 0 aromatic carbocycles. The molecule has 0 bridgehead atoms. The van der Waals surface area contributed by atoms with Crippen LogP contribution in [0, 0.1) is 5.95 Å². The first-order chi connectivity index (χ1) is 12.6. The number of rotatable bonds is 4. The van der Waals surface area contributed by atoms with Gasteiger partial charge in [0.1, 0.15) is 5.82 Å². The number of aliphatic imine (C=N–C) groups is 1. The molecular formula is C20H18FN5. The summed E-state index contributed by atoms with van der Waals surface area (Å²) in [5, 5.41) is 3.37. The molecule has 0 radical (unpaired) electrons. The second-order valence-corrected chi connectivity index (χ2v) is 6.43. The first-order valence-corrected chi connectivity index (χ1v) is 8.50. The maximum atomic E-state index is 14.0. The highest BCUT2D eigenvalue weighted by Crippen LogP contribution is 2.29. The standard InChI is InChI=1S/C20H18FN5/c1-12(2)26-20-17-14(6-9-24-20)11-25-18(17)16-10-13(5-8-22-16)15-4-3-7-23-19(15)21/h3-10,12H,11H2,1-2H3,(H,24,26). The topological polar surface area (TPSA) is 63.1 Å². The van der Waals surface area contributed by atoms with Crippen LogP contribution < -0.4 is 5.32 Å². The second kappa shape index (κ2) is 6.63. The van der Waals surface area contributed by atoms with E-state index in [4.69, 9.17) is 0 Å². The minimum absolute atomic E-state index is 0.250. The molecule has 0 aliphatic carbocycles. The smallest absolute Gasteiger partial charge is 0.220 e. The number of fused-ring (bicyclic) bond motifs is 1. The zero-order chi connectivity index (χ0) is 18.1. The van der Waals surface area contributed by atoms with Crippen LogP contribution in [0.3, 0.4) is 0 Å². The predicted molar refractivity (Wildman–Crippen MR) is 99.8 cm³/mol. The summed E-state index contributed by atoms with van der Waals surface area (Å²) < 4.78 is 14.0. The zero-order valence-electron chi connectivity index (χ0n) is 14.6. The molecule has 0 fully saturated rings. The third-order valence-electron chi connectivity index (χ3n) is 4.18. The van der Waals surface area contributed by atoms with E-state index in [2.05, 4.69) is 39.1 Å². The van der Waals surface area contributed by atoms with Gasteiger partial charge < -0.3 is 5.32 Å². The molecule has 5 nitrogen and oxygen atoms in total. The number of pyridine rings is 3. The predicted octanol–water partition coefficient (Wildman–Crippen LogP) is 3.85. The Kier molecular flexibility index (Phi) is 4.16. The van der Waals surface area contributed by atoms with Gasteiger partial charge in [-0.1, -0.05) is 0 Å². The first kappa shape index (κ1) is 16.3. The monoisotopic (exact) mass is 347 g/mol. The van der Waals surface area contributed by atoms with Crippen molar-refractivity contribution < 1.29 is 4.39 Å². The minimum Gasteiger partial charge on any atom is -0.367 e. The van der Waals surface area contributed by atoms with Crippen LogP contribution in [0.1, 0.15) is 30.7 Å². The van der Waals surface area contributed by atoms with Gasteiger partial charge in [0.25, 0.3) is 0 Å². The molecule has 0 amide bonds. The van der Waals surface area contributed by atoms with E-state index in [1.807, 2.05) is 12.1 Å². The first-order valence-electron chi connectivity index (χ1n) is 8.50. The Labute approximate surface area is 151 Å². The van der Waals surface area contributed by atoms with Crippen molar-refractivity contribution in [2.75, 3.05) is 5.32 Å². The Morgan fingerprint density at radius 2 is 1.88 bits per heavy atom. The Morgan fingerprint density at radius 1 is 1.04 bits per heavy atom. The zero-order valence-corrected chi connectivity index (χ0v) is 14.6. The van der Waals surface area contributed by atoms with Gasteiger partial charge in [-0.3, -0.25) is 9.98 Å². The molecule has 26 heavy (non-hydrogen) atoms. The van der Waals surface area contributed by atoms with Crippen molar-refractivity contribution in [3.8, 4) is 11.1 Å². The summed E-state index contributed by atoms with van der Waals surface area (Å²) in [4.78, 5) is 17.3. The van der Waals surface area contributed by atoms with E-state index in [9.17, 15) is 4.39 Å². The van der Waals surface area contributed by atoms with Crippen molar-refractivity contribution >= 4 is 11.5 Å². The van der Waals surface area contributed by atoms with Crippen molar-refractivity contribution in [2.45, 2.75) is 26.4 Å². The fourth-order valence-corrected chi connectivity index (χ4v) is 3.06. The quantitative estimate of drug-likeness (QED) is 0.728. The molecule has 0 saturated heterocycles. The molecule has 3 aromatic heterocycles. The number of halogens is 1. The number of anilines is 1. The van der Waals surface area contributed by atoms with Gasteiger partial charge in [0.05, 0.1) is 18.0 Å². The van der Waals surface area contributed by atoms with Crippen molar-refractivity contribution in [1.29, 1.82) is 0 Å². The lowest BCUT2D eigenvalue weighted by molar-refractivity contribution is 0.587. The number of nitrogens with one attached hydrogen (secondary N) is 1. The summed E-state index contributed by atoms with van der Waals surface area (Å²) in [6, 6.07) is 9.27. The van der Waals surface area contributed by atoms with Crippen LogP contribution in [-0.2, 0) is 6.54 Å². The maximum absolute atomic E-state index is 14.0. The lowest BCUT2D eigenvalue weighted by Crippen LogP contribution is -2.16. The number of aromatic nitrogens is 3. The fourth-order valence-electron chi connectivity index (χ4n) is 3.06. The summed E-state index contributed by atoms with van der Waals surface area (Å²) in [5.74, 6) is 0.302. The van der Waals surface area contributed by atoms with Gasteiger partial charge in [-0.15, -0.1) is 0 Å². The van der Waals surface area contributed by atoms with E-state index in [0.717, 1.165) is 28.2 Å². The summed E-state index contributed by atoms with van der Waals surface area (Å²) in [7, 11) is 0. The van der Waals surface area contributed by atoms with Gasteiger partial charge in [-0.25, -0.2) is 9.97 Å². The molecular weight excluding hydrogens is 329 g/mol. The van der Waals surface area contributed by atoms with Crippen molar-refractivity contribution in [3.63, 3.8) is 0 Å². The average Bonchev–Trinajstić information content (AvgIpc) is 3.07. The molecule has 0 atom stereocenters. The molecule has 0 unspecified atom stereocenters. The molecule has 4 rings (SSSR count). The fraction of sp³-hybridized carbons (Fsp3) is 0.200. The van der Waals surface area contributed by atoms with Gasteiger partial charge in [0, 0.05) is 35.8 Å². The number of nitrogens with zero attached hydrogens (tertiary/aromatic N) is 4. The Morgan fingerprint density at radius 3 is 2.69 bits per heavy atom. The van der Waals surface area contributed by atoms with E-state index in [1.54, 1.807) is 30.6 Å². The molecule has 4 heterocycles. The minimum atomic E-state index is -0.498. The molecule has 0 spiro atoms. The van der Waals surface area contributed by atoms with Crippen molar-refractivity contribution in [2.24, 2.45) is 4.99 Å². The lowest BCUT2D eigenvalue weighted by Gasteiger charge is -2.14. The third kappa shape index (κ3) is 2.94. The van der Waals surface area contributed by atoms with Crippen molar-refractivity contribution in [3.05, 3.63) is 71.7 Å². The van der Waals surface area contributed by atoms with E-state index in [-0.39, 0.29) is 6.04 Å². The van der Waals surface area contributed by atoms with E-state index < -0.39 is 5.95 Å². The normalized spacial score (nSPS) is 12.8. The van der Waals surface area contributed by atoms with Crippen LogP contribution in [0.4, 0.5) is 10.2 Å². The molecule has 130 valence electrons. The maximum Gasteiger partial charge on any atom is 0.220 e. The molecule has 3 aromatic rings. The van der Waals surface area contributed by atoms with Crippen LogP contribution in [0.15, 0.2) is 53.9 Å². The third-order valence-corrected chi connectivity index (χ3v) is 4.18. The largest absolute Gasteiger partial charge is 0.367 e. The molecule has 1 N–H and O–H groups in total. The molecule has 6 heteroatoms. The van der Waals surface area contributed by atoms with Crippen molar-refractivity contribution in [1.82, 2.24) is 15.0 Å². The Bertz CT molecular complexity index is 997. The number of hydrogen-bond acceptors (Lipinski definition) is 5. The second-order valence-electron chi connectivity index (χ2n) is 6.43. The molecule has 1 aliphatic heterocycles. The highest BCUT2D eigenvalue weighted by atomic mass is 19.1. The van der Waals surface area contributed by atoms with Crippen LogP contribution in [-0.4, -0.2) is 26.7 Å². The van der Waals surface area contributed by atoms with Gasteiger partial charge in [-0.2, -0.15) is 4.39 Å². The summed E-state index contributed by atoms with van der Waals surface area (Å²) in [6.07, 6.45) is 4.90. The van der Waals surface area contributed by atoms with Gasteiger partial charge in [0.2, 0.25) is 5.95 Å². The van der Waals surface area contributed by atoms with Gasteiger partial charge >= 0.3 is 0 Å². The van der Waals surface area contributed by atoms with E-state index >= 15 is 0 Å². The Balaban J connectivity index is 1.78. The van der Waals surface area contributed by atoms with Crippen LogP contribution in [0.25, 0.3) is 11.1 Å².